The summed E-state index contributed by atoms with van der Waals surface area (Å²) in [5, 5.41) is 11.0. The third kappa shape index (κ3) is 3.88. The van der Waals surface area contributed by atoms with Gasteiger partial charge in [0.25, 0.3) is 11.7 Å². The van der Waals surface area contributed by atoms with Crippen LogP contribution in [0.15, 0.2) is 58.6 Å². The number of halogens is 1. The van der Waals surface area contributed by atoms with E-state index in [1.165, 1.54) is 0 Å². The average molecular weight is 443 g/mol. The summed E-state index contributed by atoms with van der Waals surface area (Å²) in [7, 11) is 3.83. The molecule has 1 saturated heterocycles. The van der Waals surface area contributed by atoms with E-state index in [0.29, 0.717) is 18.7 Å². The number of carbonyl (C=O) groups excluding carboxylic acids is 2. The number of benzene rings is 2. The van der Waals surface area contributed by atoms with Crippen molar-refractivity contribution in [1.82, 2.24) is 9.80 Å². The highest BCUT2D eigenvalue weighted by molar-refractivity contribution is 9.10. The highest BCUT2D eigenvalue weighted by atomic mass is 79.9. The van der Waals surface area contributed by atoms with E-state index in [2.05, 4.69) is 15.9 Å². The predicted molar refractivity (Wildman–Crippen MR) is 113 cm³/mol. The van der Waals surface area contributed by atoms with Crippen LogP contribution in [0.25, 0.3) is 5.76 Å². The average Bonchev–Trinajstić information content (AvgIpc) is 2.93. The second-order valence-corrected chi connectivity index (χ2v) is 8.02. The molecule has 1 atom stereocenters. The molecule has 6 heteroatoms. The maximum Gasteiger partial charge on any atom is 0.295 e. The number of aryl methyl sites for hydroxylation is 1. The molecule has 1 fully saturated rings. The molecule has 146 valence electrons. The van der Waals surface area contributed by atoms with Crippen molar-refractivity contribution in [2.75, 3.05) is 27.2 Å². The molecule has 5 nitrogen and oxygen atoms in total. The number of Topliss-reactive ketones (excluding diaryl/α,β-unsaturated/α-hetero) is 1. The van der Waals surface area contributed by atoms with Gasteiger partial charge in [0, 0.05) is 23.1 Å². The summed E-state index contributed by atoms with van der Waals surface area (Å²) < 4.78 is 0.912. The number of likely N-dealkylation sites (N-methyl/N-ethyl adjacent to an activating group) is 1. The van der Waals surface area contributed by atoms with Crippen LogP contribution in [0.2, 0.25) is 0 Å². The second kappa shape index (κ2) is 8.29. The Bertz CT molecular complexity index is 938. The summed E-state index contributed by atoms with van der Waals surface area (Å²) in [6.07, 6.45) is 0. The van der Waals surface area contributed by atoms with Gasteiger partial charge in [-0.25, -0.2) is 0 Å². The standard InChI is InChI=1S/C22H23BrN2O3/c1-14-13-16(9-10-17(14)23)20(26)18-19(15-7-5-4-6-8-15)25(12-11-24(2)3)22(28)21(18)27/h4-10,13,19,26H,11-12H2,1-3H3/b20-18-. The number of likely N-dealkylation sites (tertiary alicyclic amines) is 1. The van der Waals surface area contributed by atoms with Gasteiger partial charge in [-0.15, -0.1) is 0 Å². The van der Waals surface area contributed by atoms with Gasteiger partial charge >= 0.3 is 0 Å². The van der Waals surface area contributed by atoms with Crippen LogP contribution in [0.4, 0.5) is 0 Å². The first-order valence-electron chi connectivity index (χ1n) is 9.06. The molecule has 1 amide bonds. The Morgan fingerprint density at radius 3 is 2.43 bits per heavy atom. The molecule has 0 aromatic heterocycles. The number of aliphatic hydroxyl groups excluding tert-OH is 1. The van der Waals surface area contributed by atoms with Gasteiger partial charge in [0.2, 0.25) is 0 Å². The first kappa shape index (κ1) is 20.3. The van der Waals surface area contributed by atoms with E-state index >= 15 is 0 Å². The lowest BCUT2D eigenvalue weighted by atomic mass is 9.95. The minimum Gasteiger partial charge on any atom is -0.507 e. The second-order valence-electron chi connectivity index (χ2n) is 7.17. The zero-order chi connectivity index (χ0) is 20.4. The van der Waals surface area contributed by atoms with Crippen LogP contribution in [0, 0.1) is 6.92 Å². The van der Waals surface area contributed by atoms with Crippen molar-refractivity contribution in [1.29, 1.82) is 0 Å². The number of hydrogen-bond donors (Lipinski definition) is 1. The van der Waals surface area contributed by atoms with Gasteiger partial charge in [-0.05, 0) is 44.3 Å². The zero-order valence-electron chi connectivity index (χ0n) is 16.1. The van der Waals surface area contributed by atoms with E-state index in [9.17, 15) is 14.7 Å². The summed E-state index contributed by atoms with van der Waals surface area (Å²) in [5.74, 6) is -1.37. The number of carbonyl (C=O) groups is 2. The van der Waals surface area contributed by atoms with Crippen molar-refractivity contribution in [2.24, 2.45) is 0 Å². The van der Waals surface area contributed by atoms with Crippen molar-refractivity contribution in [3.63, 3.8) is 0 Å². The van der Waals surface area contributed by atoms with E-state index in [1.807, 2.05) is 62.3 Å². The van der Waals surface area contributed by atoms with Crippen LogP contribution in [0.1, 0.15) is 22.7 Å². The number of hydrogen-bond acceptors (Lipinski definition) is 4. The fourth-order valence-corrected chi connectivity index (χ4v) is 3.59. The van der Waals surface area contributed by atoms with Crippen molar-refractivity contribution in [3.8, 4) is 0 Å². The molecule has 2 aromatic carbocycles. The quantitative estimate of drug-likeness (QED) is 0.435. The molecule has 0 spiro atoms. The highest BCUT2D eigenvalue weighted by Crippen LogP contribution is 2.39. The Balaban J connectivity index is 2.14. The lowest BCUT2D eigenvalue weighted by Crippen LogP contribution is -2.35. The van der Waals surface area contributed by atoms with Crippen molar-refractivity contribution >= 4 is 33.4 Å². The molecule has 3 rings (SSSR count). The summed E-state index contributed by atoms with van der Waals surface area (Å²) in [4.78, 5) is 29.2. The Kier molecular flexibility index (Phi) is 6.01. The molecule has 1 aliphatic heterocycles. The summed E-state index contributed by atoms with van der Waals surface area (Å²) in [6.45, 7) is 2.92. The first-order valence-corrected chi connectivity index (χ1v) is 9.85. The van der Waals surface area contributed by atoms with Gasteiger partial charge < -0.3 is 14.9 Å². The topological polar surface area (TPSA) is 60.9 Å². The van der Waals surface area contributed by atoms with Crippen molar-refractivity contribution < 1.29 is 14.7 Å². The Labute approximate surface area is 173 Å². The lowest BCUT2D eigenvalue weighted by Gasteiger charge is -2.26. The van der Waals surface area contributed by atoms with Crippen LogP contribution < -0.4 is 0 Å². The molecule has 1 aliphatic rings. The Morgan fingerprint density at radius 1 is 1.14 bits per heavy atom. The number of nitrogens with zero attached hydrogens (tertiary/aromatic N) is 2. The van der Waals surface area contributed by atoms with E-state index in [0.717, 1.165) is 15.6 Å². The fourth-order valence-electron chi connectivity index (χ4n) is 3.35. The van der Waals surface area contributed by atoms with Gasteiger partial charge in [0.05, 0.1) is 11.6 Å². The van der Waals surface area contributed by atoms with E-state index in [1.54, 1.807) is 17.0 Å². The molecule has 28 heavy (non-hydrogen) atoms. The number of amides is 1. The van der Waals surface area contributed by atoms with Crippen LogP contribution in [0.5, 0.6) is 0 Å². The van der Waals surface area contributed by atoms with Gasteiger partial charge in [0.1, 0.15) is 5.76 Å². The summed E-state index contributed by atoms with van der Waals surface area (Å²) in [5.41, 5.74) is 2.39. The molecule has 0 radical (unpaired) electrons. The monoisotopic (exact) mass is 442 g/mol. The Hall–Kier alpha value is -2.44. The number of aliphatic hydroxyl groups is 1. The molecule has 0 bridgehead atoms. The minimum atomic E-state index is -0.648. The molecular formula is C22H23BrN2O3. The van der Waals surface area contributed by atoms with Crippen LogP contribution in [-0.4, -0.2) is 53.8 Å². The van der Waals surface area contributed by atoms with E-state index in [4.69, 9.17) is 0 Å². The highest BCUT2D eigenvalue weighted by Gasteiger charge is 2.45. The van der Waals surface area contributed by atoms with Crippen molar-refractivity contribution in [2.45, 2.75) is 13.0 Å². The van der Waals surface area contributed by atoms with Gasteiger partial charge in [-0.1, -0.05) is 52.3 Å². The maximum absolute atomic E-state index is 12.9. The Morgan fingerprint density at radius 2 is 1.82 bits per heavy atom. The normalized spacial score (nSPS) is 18.9. The summed E-state index contributed by atoms with van der Waals surface area (Å²) in [6, 6.07) is 14.1. The minimum absolute atomic E-state index is 0.136. The van der Waals surface area contributed by atoms with Crippen LogP contribution in [-0.2, 0) is 9.59 Å². The molecule has 2 aromatic rings. The molecule has 1 unspecified atom stereocenters. The van der Waals surface area contributed by atoms with Gasteiger partial charge in [-0.2, -0.15) is 0 Å². The van der Waals surface area contributed by atoms with Crippen LogP contribution >= 0.6 is 15.9 Å². The molecule has 0 saturated carbocycles. The third-order valence-electron chi connectivity index (χ3n) is 4.87. The zero-order valence-corrected chi connectivity index (χ0v) is 17.7. The largest absolute Gasteiger partial charge is 0.507 e. The third-order valence-corrected chi connectivity index (χ3v) is 5.76. The van der Waals surface area contributed by atoms with Crippen LogP contribution in [0.3, 0.4) is 0 Å². The predicted octanol–water partition coefficient (Wildman–Crippen LogP) is 3.74. The summed E-state index contributed by atoms with van der Waals surface area (Å²) >= 11 is 3.44. The molecule has 1 heterocycles. The lowest BCUT2D eigenvalue weighted by molar-refractivity contribution is -0.140. The SMILES string of the molecule is Cc1cc(/C(O)=C2/C(=O)C(=O)N(CCN(C)C)C2c2ccccc2)ccc1Br. The van der Waals surface area contributed by atoms with E-state index in [-0.39, 0.29) is 11.3 Å². The molecule has 1 N–H and O–H groups in total. The van der Waals surface area contributed by atoms with E-state index < -0.39 is 17.7 Å². The number of ketones is 1. The first-order chi connectivity index (χ1) is 13.3. The fraction of sp³-hybridized carbons (Fsp3) is 0.273. The number of rotatable bonds is 5. The van der Waals surface area contributed by atoms with Gasteiger partial charge in [-0.3, -0.25) is 9.59 Å². The smallest absolute Gasteiger partial charge is 0.295 e. The van der Waals surface area contributed by atoms with Crippen molar-refractivity contribution in [3.05, 3.63) is 75.3 Å². The molecule has 0 aliphatic carbocycles. The molecular weight excluding hydrogens is 420 g/mol. The van der Waals surface area contributed by atoms with Gasteiger partial charge in [0.15, 0.2) is 0 Å². The maximum atomic E-state index is 12.9.